The highest BCUT2D eigenvalue weighted by atomic mass is 15.2. The van der Waals surface area contributed by atoms with Gasteiger partial charge in [0.1, 0.15) is 0 Å². The zero-order chi connectivity index (χ0) is 14.7. The van der Waals surface area contributed by atoms with Crippen LogP contribution in [0.25, 0.3) is 0 Å². The summed E-state index contributed by atoms with van der Waals surface area (Å²) < 4.78 is 0. The van der Waals surface area contributed by atoms with Gasteiger partial charge >= 0.3 is 0 Å². The van der Waals surface area contributed by atoms with Crippen molar-refractivity contribution in [2.75, 3.05) is 18.0 Å². The maximum atomic E-state index is 2.53. The van der Waals surface area contributed by atoms with Gasteiger partial charge in [0.05, 0.1) is 0 Å². The summed E-state index contributed by atoms with van der Waals surface area (Å²) in [5.41, 5.74) is 2.85. The first-order valence-corrected chi connectivity index (χ1v) is 8.32. The van der Waals surface area contributed by atoms with Crippen LogP contribution >= 0.6 is 0 Å². The Labute approximate surface area is 125 Å². The zero-order valence-electron chi connectivity index (χ0n) is 13.9. The highest BCUT2D eigenvalue weighted by Gasteiger charge is 2.30. The van der Waals surface area contributed by atoms with Crippen LogP contribution in [-0.2, 0) is 0 Å². The lowest BCUT2D eigenvalue weighted by Crippen LogP contribution is -2.49. The van der Waals surface area contributed by atoms with E-state index in [1.54, 1.807) is 0 Å². The third kappa shape index (κ3) is 3.77. The van der Waals surface area contributed by atoms with Gasteiger partial charge in [-0.3, -0.25) is 0 Å². The molecule has 1 unspecified atom stereocenters. The van der Waals surface area contributed by atoms with Gasteiger partial charge in [0.2, 0.25) is 0 Å². The molecule has 0 amide bonds. The van der Waals surface area contributed by atoms with Gasteiger partial charge in [0.25, 0.3) is 0 Å². The molecule has 1 aromatic rings. The number of benzene rings is 1. The second-order valence-electron chi connectivity index (χ2n) is 7.36. The summed E-state index contributed by atoms with van der Waals surface area (Å²) in [4.78, 5) is 2.53. The van der Waals surface area contributed by atoms with Crippen LogP contribution in [0.5, 0.6) is 0 Å². The van der Waals surface area contributed by atoms with E-state index in [1.165, 1.54) is 37.2 Å². The highest BCUT2D eigenvalue weighted by Crippen LogP contribution is 2.32. The molecule has 112 valence electrons. The molecule has 1 nitrogen and oxygen atoms in total. The molecule has 1 heterocycles. The third-order valence-corrected chi connectivity index (χ3v) is 4.84. The molecule has 0 spiro atoms. The molecule has 0 saturated carbocycles. The van der Waals surface area contributed by atoms with E-state index in [0.717, 1.165) is 17.8 Å². The molecule has 2 rings (SSSR count). The minimum Gasteiger partial charge on any atom is -0.371 e. The molecule has 20 heavy (non-hydrogen) atoms. The Kier molecular flexibility index (Phi) is 5.12. The number of hydrogen-bond acceptors (Lipinski definition) is 1. The zero-order valence-corrected chi connectivity index (χ0v) is 13.9. The van der Waals surface area contributed by atoms with Crippen LogP contribution in [0.1, 0.15) is 58.9 Å². The van der Waals surface area contributed by atoms with E-state index in [9.17, 15) is 0 Å². The molecule has 1 atom stereocenters. The van der Waals surface area contributed by atoms with Crippen molar-refractivity contribution in [2.45, 2.75) is 53.4 Å². The number of rotatable bonds is 6. The van der Waals surface area contributed by atoms with Gasteiger partial charge in [-0.15, -0.1) is 0 Å². The van der Waals surface area contributed by atoms with Crippen molar-refractivity contribution >= 4 is 5.69 Å². The summed E-state index contributed by atoms with van der Waals surface area (Å²) in [5.74, 6) is 3.25. The molecule has 1 aromatic carbocycles. The van der Waals surface area contributed by atoms with Crippen LogP contribution in [0.2, 0.25) is 0 Å². The predicted molar refractivity (Wildman–Crippen MR) is 89.5 cm³/mol. The van der Waals surface area contributed by atoms with Crippen molar-refractivity contribution in [3.63, 3.8) is 0 Å². The van der Waals surface area contributed by atoms with E-state index in [0.29, 0.717) is 5.92 Å². The summed E-state index contributed by atoms with van der Waals surface area (Å²) in [6.07, 6.45) is 2.77. The Morgan fingerprint density at radius 2 is 1.55 bits per heavy atom. The average molecular weight is 273 g/mol. The van der Waals surface area contributed by atoms with Gasteiger partial charge in [0.15, 0.2) is 0 Å². The van der Waals surface area contributed by atoms with Crippen LogP contribution < -0.4 is 4.90 Å². The Balaban J connectivity index is 1.80. The molecule has 1 heteroatoms. The number of anilines is 1. The smallest absolute Gasteiger partial charge is 0.0366 e. The molecule has 0 bridgehead atoms. The van der Waals surface area contributed by atoms with Gasteiger partial charge in [-0.2, -0.15) is 0 Å². The lowest BCUT2D eigenvalue weighted by atomic mass is 9.82. The standard InChI is InChI=1S/C19H31N/c1-14(2)6-7-16(5)18-12-20(13-18)19-10-8-17(9-11-19)15(3)4/h8-11,14-16,18H,6-7,12-13H2,1-5H3. The molecule has 0 aromatic heterocycles. The summed E-state index contributed by atoms with van der Waals surface area (Å²) in [6, 6.07) is 9.17. The molecular formula is C19H31N. The minimum absolute atomic E-state index is 0.629. The second kappa shape index (κ2) is 6.65. The Bertz CT molecular complexity index is 398. The van der Waals surface area contributed by atoms with Crippen LogP contribution in [0.4, 0.5) is 5.69 Å². The first-order valence-electron chi connectivity index (χ1n) is 8.32. The Morgan fingerprint density at radius 1 is 0.950 bits per heavy atom. The van der Waals surface area contributed by atoms with Crippen molar-refractivity contribution < 1.29 is 0 Å². The summed E-state index contributed by atoms with van der Waals surface area (Å²) in [6.45, 7) is 14.1. The van der Waals surface area contributed by atoms with Gasteiger partial charge < -0.3 is 4.90 Å². The van der Waals surface area contributed by atoms with Gasteiger partial charge in [0, 0.05) is 18.8 Å². The fourth-order valence-electron chi connectivity index (χ4n) is 2.99. The lowest BCUT2D eigenvalue weighted by molar-refractivity contribution is 0.263. The van der Waals surface area contributed by atoms with E-state index in [-0.39, 0.29) is 0 Å². The summed E-state index contributed by atoms with van der Waals surface area (Å²) in [7, 11) is 0. The Hall–Kier alpha value is -0.980. The van der Waals surface area contributed by atoms with Gasteiger partial charge in [-0.05, 0) is 41.4 Å². The predicted octanol–water partition coefficient (Wildman–Crippen LogP) is 5.32. The Morgan fingerprint density at radius 3 is 2.05 bits per heavy atom. The van der Waals surface area contributed by atoms with Crippen molar-refractivity contribution in [1.29, 1.82) is 0 Å². The fraction of sp³-hybridized carbons (Fsp3) is 0.684. The van der Waals surface area contributed by atoms with Crippen molar-refractivity contribution in [1.82, 2.24) is 0 Å². The fourth-order valence-corrected chi connectivity index (χ4v) is 2.99. The quantitative estimate of drug-likeness (QED) is 0.678. The average Bonchev–Trinajstić information content (AvgIpc) is 2.35. The molecule has 1 saturated heterocycles. The van der Waals surface area contributed by atoms with Gasteiger partial charge in [-0.1, -0.05) is 59.6 Å². The summed E-state index contributed by atoms with van der Waals surface area (Å²) in [5, 5.41) is 0. The van der Waals surface area contributed by atoms with Crippen LogP contribution in [-0.4, -0.2) is 13.1 Å². The SMILES string of the molecule is CC(C)CCC(C)C1CN(c2ccc(C(C)C)cc2)C1. The van der Waals surface area contributed by atoms with E-state index >= 15 is 0 Å². The maximum Gasteiger partial charge on any atom is 0.0366 e. The first-order chi connectivity index (χ1) is 9.47. The molecule has 0 radical (unpaired) electrons. The molecule has 1 fully saturated rings. The highest BCUT2D eigenvalue weighted by molar-refractivity contribution is 5.50. The lowest BCUT2D eigenvalue weighted by Gasteiger charge is -2.44. The molecule has 0 aliphatic carbocycles. The van der Waals surface area contributed by atoms with E-state index in [4.69, 9.17) is 0 Å². The van der Waals surface area contributed by atoms with E-state index in [1.807, 2.05) is 0 Å². The monoisotopic (exact) mass is 273 g/mol. The van der Waals surface area contributed by atoms with Gasteiger partial charge in [-0.25, -0.2) is 0 Å². The molecule has 1 aliphatic heterocycles. The van der Waals surface area contributed by atoms with Crippen LogP contribution in [0, 0.1) is 17.8 Å². The van der Waals surface area contributed by atoms with Crippen molar-refractivity contribution in [2.24, 2.45) is 17.8 Å². The van der Waals surface area contributed by atoms with Crippen LogP contribution in [0.3, 0.4) is 0 Å². The van der Waals surface area contributed by atoms with Crippen molar-refractivity contribution in [3.05, 3.63) is 29.8 Å². The maximum absolute atomic E-state index is 2.53. The summed E-state index contributed by atoms with van der Waals surface area (Å²) >= 11 is 0. The normalized spacial score (nSPS) is 17.6. The van der Waals surface area contributed by atoms with Crippen molar-refractivity contribution in [3.8, 4) is 0 Å². The minimum atomic E-state index is 0.629. The number of hydrogen-bond donors (Lipinski definition) is 0. The van der Waals surface area contributed by atoms with Crippen LogP contribution in [0.15, 0.2) is 24.3 Å². The molecule has 0 N–H and O–H groups in total. The third-order valence-electron chi connectivity index (χ3n) is 4.84. The largest absolute Gasteiger partial charge is 0.371 e. The first kappa shape index (κ1) is 15.4. The molecule has 1 aliphatic rings. The van der Waals surface area contributed by atoms with E-state index in [2.05, 4.69) is 63.8 Å². The topological polar surface area (TPSA) is 3.24 Å². The second-order valence-corrected chi connectivity index (χ2v) is 7.36. The van der Waals surface area contributed by atoms with E-state index < -0.39 is 0 Å². The number of nitrogens with zero attached hydrogens (tertiary/aromatic N) is 1. The molecular weight excluding hydrogens is 242 g/mol.